The van der Waals surface area contributed by atoms with E-state index in [1.165, 1.54) is 5.56 Å². The molecule has 30 heavy (non-hydrogen) atoms. The fourth-order valence-electron chi connectivity index (χ4n) is 3.79. The van der Waals surface area contributed by atoms with Gasteiger partial charge >= 0.3 is 6.03 Å². The van der Waals surface area contributed by atoms with Crippen LogP contribution in [-0.4, -0.2) is 36.0 Å². The lowest BCUT2D eigenvalue weighted by atomic mass is 10.0. The fourth-order valence-corrected chi connectivity index (χ4v) is 3.79. The standard InChI is InChI=1S/C24H30N4O2/c29-23(20-8-9-20)26-21-10-6-18(7-11-21)16-25-24(30)27-22-12-14-28(15-13-22)17-19-4-2-1-3-5-19/h1-7,10-11,20,22H,8-9,12-17H2,(H,26,29)(H2,25,27,30). The van der Waals surface area contributed by atoms with Gasteiger partial charge in [0.1, 0.15) is 0 Å². The average Bonchev–Trinajstić information content (AvgIpc) is 3.61. The Balaban J connectivity index is 1.14. The number of likely N-dealkylation sites (tertiary alicyclic amines) is 1. The van der Waals surface area contributed by atoms with Crippen LogP contribution in [0.1, 0.15) is 36.8 Å². The van der Waals surface area contributed by atoms with Crippen LogP contribution < -0.4 is 16.0 Å². The lowest BCUT2D eigenvalue weighted by Crippen LogP contribution is -2.47. The highest BCUT2D eigenvalue weighted by atomic mass is 16.2. The predicted molar refractivity (Wildman–Crippen MR) is 118 cm³/mol. The van der Waals surface area contributed by atoms with Crippen molar-refractivity contribution in [2.45, 2.75) is 44.8 Å². The van der Waals surface area contributed by atoms with Crippen LogP contribution in [0.3, 0.4) is 0 Å². The molecule has 0 atom stereocenters. The Bertz CT molecular complexity index is 841. The Hall–Kier alpha value is -2.86. The molecular formula is C24H30N4O2. The topological polar surface area (TPSA) is 73.5 Å². The molecule has 3 amide bonds. The van der Waals surface area contributed by atoms with Gasteiger partial charge in [-0.1, -0.05) is 42.5 Å². The van der Waals surface area contributed by atoms with Crippen LogP contribution in [0.15, 0.2) is 54.6 Å². The highest BCUT2D eigenvalue weighted by molar-refractivity contribution is 5.94. The molecular weight excluding hydrogens is 376 g/mol. The van der Waals surface area contributed by atoms with Gasteiger partial charge in [-0.3, -0.25) is 9.69 Å². The van der Waals surface area contributed by atoms with Crippen LogP contribution in [0, 0.1) is 5.92 Å². The van der Waals surface area contributed by atoms with Gasteiger partial charge in [0.2, 0.25) is 5.91 Å². The second kappa shape index (κ2) is 9.76. The van der Waals surface area contributed by atoms with E-state index in [1.807, 2.05) is 30.3 Å². The normalized spacial score (nSPS) is 17.3. The third-order valence-corrected chi connectivity index (χ3v) is 5.79. The maximum absolute atomic E-state index is 12.3. The van der Waals surface area contributed by atoms with Gasteiger partial charge in [-0.05, 0) is 48.9 Å². The van der Waals surface area contributed by atoms with Crippen molar-refractivity contribution in [3.05, 3.63) is 65.7 Å². The third-order valence-electron chi connectivity index (χ3n) is 5.79. The Morgan fingerprint density at radius 2 is 1.57 bits per heavy atom. The zero-order valence-corrected chi connectivity index (χ0v) is 17.3. The summed E-state index contributed by atoms with van der Waals surface area (Å²) < 4.78 is 0. The SMILES string of the molecule is O=C(NCc1ccc(NC(=O)C2CC2)cc1)NC1CCN(Cc2ccccc2)CC1. The number of amides is 3. The second-order valence-electron chi connectivity index (χ2n) is 8.32. The average molecular weight is 407 g/mol. The fraction of sp³-hybridized carbons (Fsp3) is 0.417. The molecule has 0 aromatic heterocycles. The molecule has 3 N–H and O–H groups in total. The Morgan fingerprint density at radius 1 is 0.867 bits per heavy atom. The molecule has 6 heteroatoms. The van der Waals surface area contributed by atoms with E-state index < -0.39 is 0 Å². The number of nitrogens with one attached hydrogen (secondary N) is 3. The molecule has 158 valence electrons. The third kappa shape index (κ3) is 6.07. The van der Waals surface area contributed by atoms with Crippen molar-refractivity contribution in [2.75, 3.05) is 18.4 Å². The Kier molecular flexibility index (Phi) is 6.64. The smallest absolute Gasteiger partial charge is 0.315 e. The Labute approximate surface area is 178 Å². The molecule has 1 heterocycles. The van der Waals surface area contributed by atoms with E-state index in [-0.39, 0.29) is 23.9 Å². The highest BCUT2D eigenvalue weighted by Gasteiger charge is 2.29. The van der Waals surface area contributed by atoms with Crippen molar-refractivity contribution in [1.82, 2.24) is 15.5 Å². The molecule has 4 rings (SSSR count). The van der Waals surface area contributed by atoms with Gasteiger partial charge in [-0.25, -0.2) is 4.79 Å². The van der Waals surface area contributed by atoms with E-state index in [9.17, 15) is 9.59 Å². The van der Waals surface area contributed by atoms with Crippen LogP contribution >= 0.6 is 0 Å². The molecule has 0 bridgehead atoms. The summed E-state index contributed by atoms with van der Waals surface area (Å²) in [4.78, 5) is 26.5. The number of urea groups is 1. The number of hydrogen-bond acceptors (Lipinski definition) is 3. The van der Waals surface area contributed by atoms with Crippen LogP contribution in [0.4, 0.5) is 10.5 Å². The summed E-state index contributed by atoms with van der Waals surface area (Å²) in [5.74, 6) is 0.301. The number of benzene rings is 2. The quantitative estimate of drug-likeness (QED) is 0.659. The molecule has 0 unspecified atom stereocenters. The maximum atomic E-state index is 12.3. The molecule has 1 aliphatic carbocycles. The molecule has 1 saturated heterocycles. The number of piperidine rings is 1. The lowest BCUT2D eigenvalue weighted by molar-refractivity contribution is -0.117. The summed E-state index contributed by atoms with van der Waals surface area (Å²) in [5, 5.41) is 8.96. The van der Waals surface area contributed by atoms with E-state index in [0.29, 0.717) is 6.54 Å². The van der Waals surface area contributed by atoms with Crippen molar-refractivity contribution in [2.24, 2.45) is 5.92 Å². The van der Waals surface area contributed by atoms with Crippen molar-refractivity contribution >= 4 is 17.6 Å². The molecule has 0 spiro atoms. The summed E-state index contributed by atoms with van der Waals surface area (Å²) in [6, 6.07) is 18.2. The minimum atomic E-state index is -0.123. The van der Waals surface area contributed by atoms with Crippen LogP contribution in [0.25, 0.3) is 0 Å². The van der Waals surface area contributed by atoms with Gasteiger partial charge in [0.25, 0.3) is 0 Å². The van der Waals surface area contributed by atoms with Crippen molar-refractivity contribution in [1.29, 1.82) is 0 Å². The molecule has 2 aromatic carbocycles. The van der Waals surface area contributed by atoms with Gasteiger partial charge in [-0.15, -0.1) is 0 Å². The van der Waals surface area contributed by atoms with Crippen molar-refractivity contribution < 1.29 is 9.59 Å². The molecule has 2 aliphatic rings. The predicted octanol–water partition coefficient (Wildman–Crippen LogP) is 3.50. The highest BCUT2D eigenvalue weighted by Crippen LogP contribution is 2.30. The zero-order valence-electron chi connectivity index (χ0n) is 17.3. The van der Waals surface area contributed by atoms with Gasteiger partial charge < -0.3 is 16.0 Å². The molecule has 1 saturated carbocycles. The number of rotatable bonds is 7. The summed E-state index contributed by atoms with van der Waals surface area (Å²) >= 11 is 0. The number of hydrogen-bond donors (Lipinski definition) is 3. The summed E-state index contributed by atoms with van der Waals surface area (Å²) in [7, 11) is 0. The van der Waals surface area contributed by atoms with Gasteiger partial charge in [0.15, 0.2) is 0 Å². The van der Waals surface area contributed by atoms with Crippen LogP contribution in [0.5, 0.6) is 0 Å². The first kappa shape index (κ1) is 20.4. The van der Waals surface area contributed by atoms with E-state index in [1.54, 1.807) is 0 Å². The van der Waals surface area contributed by atoms with E-state index >= 15 is 0 Å². The number of carbonyl (C=O) groups excluding carboxylic acids is 2. The minimum Gasteiger partial charge on any atom is -0.335 e. The molecule has 6 nitrogen and oxygen atoms in total. The first-order chi connectivity index (χ1) is 14.7. The van der Waals surface area contributed by atoms with Crippen LogP contribution in [-0.2, 0) is 17.9 Å². The Morgan fingerprint density at radius 3 is 2.23 bits per heavy atom. The van der Waals surface area contributed by atoms with Crippen LogP contribution in [0.2, 0.25) is 0 Å². The van der Waals surface area contributed by atoms with Gasteiger partial charge in [0, 0.05) is 43.8 Å². The number of anilines is 1. The first-order valence-corrected chi connectivity index (χ1v) is 10.9. The minimum absolute atomic E-state index is 0.107. The van der Waals surface area contributed by atoms with E-state index in [2.05, 4.69) is 45.1 Å². The van der Waals surface area contributed by atoms with E-state index in [0.717, 1.165) is 56.6 Å². The second-order valence-corrected chi connectivity index (χ2v) is 8.32. The monoisotopic (exact) mass is 406 g/mol. The summed E-state index contributed by atoms with van der Waals surface area (Å²) in [6.45, 7) is 3.42. The lowest BCUT2D eigenvalue weighted by Gasteiger charge is -2.32. The first-order valence-electron chi connectivity index (χ1n) is 10.9. The van der Waals surface area contributed by atoms with Crippen molar-refractivity contribution in [3.63, 3.8) is 0 Å². The van der Waals surface area contributed by atoms with Gasteiger partial charge in [0.05, 0.1) is 0 Å². The molecule has 0 radical (unpaired) electrons. The molecule has 2 aromatic rings. The zero-order chi connectivity index (χ0) is 20.8. The van der Waals surface area contributed by atoms with Crippen molar-refractivity contribution in [3.8, 4) is 0 Å². The molecule has 1 aliphatic heterocycles. The number of carbonyl (C=O) groups is 2. The largest absolute Gasteiger partial charge is 0.335 e. The number of nitrogens with zero attached hydrogens (tertiary/aromatic N) is 1. The maximum Gasteiger partial charge on any atom is 0.315 e. The van der Waals surface area contributed by atoms with Gasteiger partial charge in [-0.2, -0.15) is 0 Å². The summed E-state index contributed by atoms with van der Waals surface area (Å²) in [6.07, 6.45) is 3.93. The molecule has 2 fully saturated rings. The summed E-state index contributed by atoms with van der Waals surface area (Å²) in [5.41, 5.74) is 3.15. The van der Waals surface area contributed by atoms with E-state index in [4.69, 9.17) is 0 Å².